The fraction of sp³-hybridized carbons (Fsp3) is 0.320. The van der Waals surface area contributed by atoms with Gasteiger partial charge in [0.1, 0.15) is 17.5 Å². The lowest BCUT2D eigenvalue weighted by Crippen LogP contribution is -2.49. The second-order valence-electron chi connectivity index (χ2n) is 8.74. The van der Waals surface area contributed by atoms with E-state index in [1.54, 1.807) is 26.8 Å². The van der Waals surface area contributed by atoms with Crippen molar-refractivity contribution >= 4 is 28.6 Å². The number of rotatable bonds is 6. The number of nitrogens with one attached hydrogen (secondary N) is 2. The van der Waals surface area contributed by atoms with Crippen LogP contribution in [0.3, 0.4) is 0 Å². The van der Waals surface area contributed by atoms with Gasteiger partial charge < -0.3 is 21.1 Å². The van der Waals surface area contributed by atoms with Crippen LogP contribution in [0.1, 0.15) is 37.6 Å². The largest absolute Gasteiger partial charge is 0.444 e. The molecule has 0 unspecified atom stereocenters. The zero-order valence-electron chi connectivity index (χ0n) is 18.9. The molecular weight excluding hydrogens is 404 g/mol. The number of aromatic nitrogens is 1. The van der Waals surface area contributed by atoms with Gasteiger partial charge in [0.2, 0.25) is 5.91 Å². The van der Waals surface area contributed by atoms with Crippen LogP contribution in [-0.4, -0.2) is 28.6 Å². The molecular formula is C25H30N4O3. The van der Waals surface area contributed by atoms with E-state index in [9.17, 15) is 9.59 Å². The zero-order chi connectivity index (χ0) is 23.3. The molecule has 2 amide bonds. The summed E-state index contributed by atoms with van der Waals surface area (Å²) in [5.41, 5.74) is 7.60. The maximum Gasteiger partial charge on any atom is 0.408 e. The van der Waals surface area contributed by atoms with Crippen molar-refractivity contribution in [1.82, 2.24) is 15.6 Å². The van der Waals surface area contributed by atoms with Crippen molar-refractivity contribution in [2.45, 2.75) is 52.3 Å². The first-order valence-electron chi connectivity index (χ1n) is 10.6. The number of fused-ring (bicyclic) bond motifs is 1. The molecule has 0 spiro atoms. The molecule has 0 aliphatic carbocycles. The fourth-order valence-corrected chi connectivity index (χ4v) is 3.45. The van der Waals surface area contributed by atoms with E-state index in [2.05, 4.69) is 15.6 Å². The molecule has 7 nitrogen and oxygen atoms in total. The van der Waals surface area contributed by atoms with Crippen molar-refractivity contribution in [2.75, 3.05) is 5.73 Å². The molecule has 1 heterocycles. The molecule has 1 atom stereocenters. The SMILES string of the molecule is Cc1nc(N)ccc1CNC(=O)[C@H](Cc1cccc2ccccc12)NC(=O)OC(C)(C)C. The lowest BCUT2D eigenvalue weighted by molar-refractivity contribution is -0.123. The zero-order valence-corrected chi connectivity index (χ0v) is 18.9. The van der Waals surface area contributed by atoms with E-state index < -0.39 is 17.7 Å². The topological polar surface area (TPSA) is 106 Å². The summed E-state index contributed by atoms with van der Waals surface area (Å²) in [5.74, 6) is 0.123. The molecule has 0 radical (unpaired) electrons. The van der Waals surface area contributed by atoms with Crippen molar-refractivity contribution < 1.29 is 14.3 Å². The minimum absolute atomic E-state index is 0.278. The van der Waals surface area contributed by atoms with E-state index >= 15 is 0 Å². The molecule has 32 heavy (non-hydrogen) atoms. The molecule has 0 bridgehead atoms. The summed E-state index contributed by atoms with van der Waals surface area (Å²) in [6, 6.07) is 16.6. The molecule has 3 rings (SSSR count). The predicted molar refractivity (Wildman–Crippen MR) is 126 cm³/mol. The van der Waals surface area contributed by atoms with Gasteiger partial charge >= 0.3 is 6.09 Å². The minimum atomic E-state index is -0.808. The summed E-state index contributed by atoms with van der Waals surface area (Å²) < 4.78 is 5.38. The first-order valence-corrected chi connectivity index (χ1v) is 10.6. The number of nitrogen functional groups attached to an aromatic ring is 1. The molecule has 0 aliphatic heterocycles. The average molecular weight is 435 g/mol. The molecule has 7 heteroatoms. The third-order valence-corrected chi connectivity index (χ3v) is 4.98. The van der Waals surface area contributed by atoms with Crippen molar-refractivity contribution in [3.63, 3.8) is 0 Å². The number of nitrogens with zero attached hydrogens (tertiary/aromatic N) is 1. The van der Waals surface area contributed by atoms with Crippen molar-refractivity contribution in [1.29, 1.82) is 0 Å². The van der Waals surface area contributed by atoms with Gasteiger partial charge in [-0.25, -0.2) is 9.78 Å². The van der Waals surface area contributed by atoms with Crippen LogP contribution in [0.15, 0.2) is 54.6 Å². The van der Waals surface area contributed by atoms with E-state index in [0.717, 1.165) is 27.6 Å². The Labute approximate surface area is 188 Å². The van der Waals surface area contributed by atoms with Gasteiger partial charge in [-0.2, -0.15) is 0 Å². The molecule has 4 N–H and O–H groups in total. The molecule has 0 saturated carbocycles. The maximum absolute atomic E-state index is 13.1. The van der Waals surface area contributed by atoms with E-state index in [4.69, 9.17) is 10.5 Å². The summed E-state index contributed by atoms with van der Waals surface area (Å²) in [7, 11) is 0. The van der Waals surface area contributed by atoms with Gasteiger partial charge in [0.15, 0.2) is 0 Å². The predicted octanol–water partition coefficient (Wildman–Crippen LogP) is 3.88. The summed E-state index contributed by atoms with van der Waals surface area (Å²) >= 11 is 0. The van der Waals surface area contributed by atoms with E-state index in [0.29, 0.717) is 12.2 Å². The fourth-order valence-electron chi connectivity index (χ4n) is 3.45. The Balaban J connectivity index is 1.80. The van der Waals surface area contributed by atoms with E-state index in [1.807, 2.05) is 55.5 Å². The average Bonchev–Trinajstić information content (AvgIpc) is 2.71. The Morgan fingerprint density at radius 3 is 2.47 bits per heavy atom. The monoisotopic (exact) mass is 434 g/mol. The minimum Gasteiger partial charge on any atom is -0.444 e. The third-order valence-electron chi connectivity index (χ3n) is 4.98. The molecule has 3 aromatic rings. The number of aryl methyl sites for hydroxylation is 1. The van der Waals surface area contributed by atoms with Crippen molar-refractivity contribution in [2.24, 2.45) is 0 Å². The highest BCUT2D eigenvalue weighted by atomic mass is 16.6. The van der Waals surface area contributed by atoms with Gasteiger partial charge in [0.25, 0.3) is 0 Å². The highest BCUT2D eigenvalue weighted by Gasteiger charge is 2.25. The number of carbonyl (C=O) groups is 2. The van der Waals surface area contributed by atoms with Gasteiger partial charge in [-0.3, -0.25) is 4.79 Å². The second kappa shape index (κ2) is 9.68. The van der Waals surface area contributed by atoms with Crippen LogP contribution in [0.5, 0.6) is 0 Å². The van der Waals surface area contributed by atoms with Gasteiger partial charge in [-0.15, -0.1) is 0 Å². The number of nitrogens with two attached hydrogens (primary N) is 1. The Kier molecular flexibility index (Phi) is 6.98. The Hall–Kier alpha value is -3.61. The Morgan fingerprint density at radius 1 is 1.03 bits per heavy atom. The normalized spacial score (nSPS) is 12.2. The third kappa shape index (κ3) is 6.20. The quantitative estimate of drug-likeness (QED) is 0.546. The molecule has 1 aromatic heterocycles. The first kappa shape index (κ1) is 23.1. The lowest BCUT2D eigenvalue weighted by Gasteiger charge is -2.24. The number of hydrogen-bond acceptors (Lipinski definition) is 5. The summed E-state index contributed by atoms with van der Waals surface area (Å²) in [4.78, 5) is 29.8. The van der Waals surface area contributed by atoms with Crippen LogP contribution < -0.4 is 16.4 Å². The van der Waals surface area contributed by atoms with Crippen molar-refractivity contribution in [3.8, 4) is 0 Å². The number of hydrogen-bond donors (Lipinski definition) is 3. The smallest absolute Gasteiger partial charge is 0.408 e. The van der Waals surface area contributed by atoms with Gasteiger partial charge in [0, 0.05) is 18.7 Å². The summed E-state index contributed by atoms with van der Waals surface area (Å²) in [6.07, 6.45) is -0.311. The molecule has 168 valence electrons. The van der Waals surface area contributed by atoms with Crippen LogP contribution in [0, 0.1) is 6.92 Å². The second-order valence-corrected chi connectivity index (χ2v) is 8.74. The van der Waals surface area contributed by atoms with Crippen LogP contribution >= 0.6 is 0 Å². The van der Waals surface area contributed by atoms with Crippen molar-refractivity contribution in [3.05, 3.63) is 71.4 Å². The highest BCUT2D eigenvalue weighted by Crippen LogP contribution is 2.20. The van der Waals surface area contributed by atoms with Gasteiger partial charge in [-0.1, -0.05) is 48.5 Å². The van der Waals surface area contributed by atoms with Crippen LogP contribution in [0.4, 0.5) is 10.6 Å². The molecule has 0 fully saturated rings. The Morgan fingerprint density at radius 2 is 1.75 bits per heavy atom. The number of anilines is 1. The summed E-state index contributed by atoms with van der Waals surface area (Å²) in [5, 5.41) is 7.76. The number of pyridine rings is 1. The first-order chi connectivity index (χ1) is 15.1. The molecule has 0 aliphatic rings. The van der Waals surface area contributed by atoms with Crippen LogP contribution in [-0.2, 0) is 22.5 Å². The van der Waals surface area contributed by atoms with Gasteiger partial charge in [-0.05, 0) is 55.7 Å². The standard InChI is InChI=1S/C25H30N4O3/c1-16-19(12-13-22(26)28-16)15-27-23(30)21(29-24(31)32-25(2,3)4)14-18-10-7-9-17-8-5-6-11-20(17)18/h5-13,21H,14-15H2,1-4H3,(H2,26,28)(H,27,30)(H,29,31)/t21-/m0/s1. The maximum atomic E-state index is 13.1. The summed E-state index contributed by atoms with van der Waals surface area (Å²) in [6.45, 7) is 7.46. The Bertz CT molecular complexity index is 1120. The molecule has 2 aromatic carbocycles. The number of ether oxygens (including phenoxy) is 1. The van der Waals surface area contributed by atoms with E-state index in [-0.39, 0.29) is 12.5 Å². The highest BCUT2D eigenvalue weighted by molar-refractivity contribution is 5.89. The van der Waals surface area contributed by atoms with Crippen LogP contribution in [0.2, 0.25) is 0 Å². The lowest BCUT2D eigenvalue weighted by atomic mass is 9.98. The van der Waals surface area contributed by atoms with Gasteiger partial charge in [0.05, 0.1) is 0 Å². The van der Waals surface area contributed by atoms with Crippen LogP contribution in [0.25, 0.3) is 10.8 Å². The van der Waals surface area contributed by atoms with E-state index in [1.165, 1.54) is 0 Å². The molecule has 0 saturated heterocycles. The number of carbonyl (C=O) groups excluding carboxylic acids is 2. The number of amides is 2. The number of alkyl carbamates (subject to hydrolysis) is 1. The number of benzene rings is 2.